The molecule has 0 spiro atoms. The highest BCUT2D eigenvalue weighted by Gasteiger charge is 2.08. The van der Waals surface area contributed by atoms with Crippen LogP contribution in [0.1, 0.15) is 17.5 Å². The van der Waals surface area contributed by atoms with Gasteiger partial charge in [0.05, 0.1) is 6.42 Å². The second-order valence-electron chi connectivity index (χ2n) is 5.51. The van der Waals surface area contributed by atoms with Crippen LogP contribution >= 0.6 is 0 Å². The fourth-order valence-corrected chi connectivity index (χ4v) is 2.63. The predicted octanol–water partition coefficient (Wildman–Crippen LogP) is 2.56. The molecule has 0 aliphatic carbocycles. The van der Waals surface area contributed by atoms with Gasteiger partial charge in [0.1, 0.15) is 11.4 Å². The fraction of sp³-hybridized carbons (Fsp3) is 0.222. The van der Waals surface area contributed by atoms with Gasteiger partial charge in [-0.05, 0) is 48.2 Å². The summed E-state index contributed by atoms with van der Waals surface area (Å²) in [6, 6.07) is 11.0. The van der Waals surface area contributed by atoms with Gasteiger partial charge in [0, 0.05) is 24.3 Å². The summed E-state index contributed by atoms with van der Waals surface area (Å²) in [5.74, 6) is 0.283. The summed E-state index contributed by atoms with van der Waals surface area (Å²) >= 11 is 0. The number of hydrogen-bond donors (Lipinski definition) is 3. The Morgan fingerprint density at radius 1 is 1.26 bits per heavy atom. The second kappa shape index (κ2) is 6.96. The van der Waals surface area contributed by atoms with Crippen LogP contribution in [0.2, 0.25) is 0 Å². The SMILES string of the molecule is O=C(Cc1c[nH]c2ncccc12)NCCCc1cccc(O)c1. The van der Waals surface area contributed by atoms with Crippen molar-refractivity contribution < 1.29 is 9.90 Å². The van der Waals surface area contributed by atoms with Crippen LogP contribution < -0.4 is 5.32 Å². The third-order valence-electron chi connectivity index (χ3n) is 3.76. The number of H-pyrrole nitrogens is 1. The monoisotopic (exact) mass is 309 g/mol. The summed E-state index contributed by atoms with van der Waals surface area (Å²) < 4.78 is 0. The van der Waals surface area contributed by atoms with Crippen LogP contribution in [0, 0.1) is 0 Å². The van der Waals surface area contributed by atoms with Gasteiger partial charge in [0.25, 0.3) is 0 Å². The van der Waals surface area contributed by atoms with Crippen molar-refractivity contribution in [2.24, 2.45) is 0 Å². The van der Waals surface area contributed by atoms with Crippen LogP contribution in [0.5, 0.6) is 5.75 Å². The number of nitrogens with zero attached hydrogens (tertiary/aromatic N) is 1. The molecule has 0 saturated heterocycles. The van der Waals surface area contributed by atoms with Crippen LogP contribution in [-0.4, -0.2) is 27.5 Å². The number of nitrogens with one attached hydrogen (secondary N) is 2. The van der Waals surface area contributed by atoms with E-state index < -0.39 is 0 Å². The third-order valence-corrected chi connectivity index (χ3v) is 3.76. The van der Waals surface area contributed by atoms with Gasteiger partial charge in [-0.2, -0.15) is 0 Å². The Balaban J connectivity index is 1.46. The van der Waals surface area contributed by atoms with Crippen LogP contribution in [-0.2, 0) is 17.6 Å². The number of rotatable bonds is 6. The number of carbonyl (C=O) groups is 1. The molecular weight excluding hydrogens is 290 g/mol. The molecule has 0 aliphatic rings. The average molecular weight is 309 g/mol. The van der Waals surface area contributed by atoms with Crippen molar-refractivity contribution in [2.45, 2.75) is 19.3 Å². The molecule has 118 valence electrons. The first-order chi connectivity index (χ1) is 11.2. The Kier molecular flexibility index (Phi) is 4.57. The zero-order valence-corrected chi connectivity index (χ0v) is 12.7. The number of aromatic hydroxyl groups is 1. The molecule has 2 aromatic heterocycles. The summed E-state index contributed by atoms with van der Waals surface area (Å²) in [5, 5.41) is 13.3. The lowest BCUT2D eigenvalue weighted by atomic mass is 10.1. The van der Waals surface area contributed by atoms with Crippen molar-refractivity contribution in [2.75, 3.05) is 6.54 Å². The summed E-state index contributed by atoms with van der Waals surface area (Å²) in [6.45, 7) is 0.620. The van der Waals surface area contributed by atoms with Gasteiger partial charge in [-0.15, -0.1) is 0 Å². The molecule has 0 unspecified atom stereocenters. The van der Waals surface area contributed by atoms with E-state index in [4.69, 9.17) is 0 Å². The predicted molar refractivity (Wildman–Crippen MR) is 89.2 cm³/mol. The number of pyridine rings is 1. The lowest BCUT2D eigenvalue weighted by molar-refractivity contribution is -0.120. The first kappa shape index (κ1) is 15.1. The molecular formula is C18H19N3O2. The van der Waals surface area contributed by atoms with E-state index in [1.54, 1.807) is 18.3 Å². The maximum Gasteiger partial charge on any atom is 0.224 e. The number of benzene rings is 1. The minimum atomic E-state index is 0.00524. The van der Waals surface area contributed by atoms with Crippen molar-refractivity contribution >= 4 is 16.9 Å². The molecule has 3 rings (SSSR count). The zero-order valence-electron chi connectivity index (χ0n) is 12.7. The van der Waals surface area contributed by atoms with E-state index in [0.717, 1.165) is 35.0 Å². The van der Waals surface area contributed by atoms with Crippen molar-refractivity contribution in [3.8, 4) is 5.75 Å². The Morgan fingerprint density at radius 3 is 3.04 bits per heavy atom. The van der Waals surface area contributed by atoms with Gasteiger partial charge in [-0.25, -0.2) is 4.98 Å². The number of aromatic amines is 1. The number of phenolic OH excluding ortho intramolecular Hbond substituents is 1. The topological polar surface area (TPSA) is 78.0 Å². The highest BCUT2D eigenvalue weighted by atomic mass is 16.3. The molecule has 0 fully saturated rings. The molecule has 5 heteroatoms. The fourth-order valence-electron chi connectivity index (χ4n) is 2.63. The van der Waals surface area contributed by atoms with E-state index in [1.807, 2.05) is 30.5 Å². The standard InChI is InChI=1S/C18H19N3O2/c22-15-6-1-4-13(10-15)5-2-8-19-17(23)11-14-12-21-18-16(14)7-3-9-20-18/h1,3-4,6-7,9-10,12,22H,2,5,8,11H2,(H,19,23)(H,20,21). The van der Waals surface area contributed by atoms with Crippen LogP contribution in [0.3, 0.4) is 0 Å². The molecule has 0 saturated carbocycles. The van der Waals surface area contributed by atoms with Crippen LogP contribution in [0.15, 0.2) is 48.8 Å². The first-order valence-corrected chi connectivity index (χ1v) is 7.68. The normalized spacial score (nSPS) is 10.8. The third kappa shape index (κ3) is 3.88. The molecule has 0 aliphatic heterocycles. The molecule has 3 N–H and O–H groups in total. The number of phenols is 1. The smallest absolute Gasteiger partial charge is 0.224 e. The van der Waals surface area contributed by atoms with Gasteiger partial charge < -0.3 is 15.4 Å². The van der Waals surface area contributed by atoms with Crippen molar-refractivity contribution in [3.05, 3.63) is 59.9 Å². The lowest BCUT2D eigenvalue weighted by Crippen LogP contribution is -2.26. The number of aromatic nitrogens is 2. The molecule has 3 aromatic rings. The maximum atomic E-state index is 12.0. The van der Waals surface area contributed by atoms with E-state index >= 15 is 0 Å². The molecule has 2 heterocycles. The number of aryl methyl sites for hydroxylation is 1. The minimum absolute atomic E-state index is 0.00524. The second-order valence-corrected chi connectivity index (χ2v) is 5.51. The largest absolute Gasteiger partial charge is 0.508 e. The van der Waals surface area contributed by atoms with Crippen molar-refractivity contribution in [1.82, 2.24) is 15.3 Å². The van der Waals surface area contributed by atoms with Gasteiger partial charge in [0.15, 0.2) is 0 Å². The van der Waals surface area contributed by atoms with Crippen LogP contribution in [0.25, 0.3) is 11.0 Å². The summed E-state index contributed by atoms with van der Waals surface area (Å²) in [4.78, 5) is 19.3. The maximum absolute atomic E-state index is 12.0. The molecule has 0 atom stereocenters. The van der Waals surface area contributed by atoms with E-state index in [9.17, 15) is 9.90 Å². The number of fused-ring (bicyclic) bond motifs is 1. The molecule has 1 amide bonds. The number of hydrogen-bond acceptors (Lipinski definition) is 3. The first-order valence-electron chi connectivity index (χ1n) is 7.68. The number of carbonyl (C=O) groups excluding carboxylic acids is 1. The van der Waals surface area contributed by atoms with Crippen molar-refractivity contribution in [3.63, 3.8) is 0 Å². The summed E-state index contributed by atoms with van der Waals surface area (Å²) in [5.41, 5.74) is 2.83. The highest BCUT2D eigenvalue weighted by molar-refractivity contribution is 5.86. The molecule has 0 bridgehead atoms. The van der Waals surface area contributed by atoms with Gasteiger partial charge in [0.2, 0.25) is 5.91 Å². The van der Waals surface area contributed by atoms with E-state index in [1.165, 1.54) is 0 Å². The van der Waals surface area contributed by atoms with E-state index in [-0.39, 0.29) is 11.7 Å². The Hall–Kier alpha value is -2.82. The molecule has 23 heavy (non-hydrogen) atoms. The molecule has 1 aromatic carbocycles. The molecule has 5 nitrogen and oxygen atoms in total. The Labute approximate surface area is 134 Å². The van der Waals surface area contributed by atoms with E-state index in [2.05, 4.69) is 15.3 Å². The van der Waals surface area contributed by atoms with Gasteiger partial charge >= 0.3 is 0 Å². The zero-order chi connectivity index (χ0) is 16.1. The Morgan fingerprint density at radius 2 is 2.17 bits per heavy atom. The lowest BCUT2D eigenvalue weighted by Gasteiger charge is -2.05. The summed E-state index contributed by atoms with van der Waals surface area (Å²) in [7, 11) is 0. The van der Waals surface area contributed by atoms with Crippen LogP contribution in [0.4, 0.5) is 0 Å². The van der Waals surface area contributed by atoms with Gasteiger partial charge in [-0.3, -0.25) is 4.79 Å². The number of amides is 1. The Bertz CT molecular complexity index is 811. The quantitative estimate of drug-likeness (QED) is 0.612. The van der Waals surface area contributed by atoms with Gasteiger partial charge in [-0.1, -0.05) is 12.1 Å². The minimum Gasteiger partial charge on any atom is -0.508 e. The molecule has 0 radical (unpaired) electrons. The summed E-state index contributed by atoms with van der Waals surface area (Å²) in [6.07, 6.45) is 5.57. The van der Waals surface area contributed by atoms with E-state index in [0.29, 0.717) is 13.0 Å². The highest BCUT2D eigenvalue weighted by Crippen LogP contribution is 2.16. The van der Waals surface area contributed by atoms with Crippen molar-refractivity contribution in [1.29, 1.82) is 0 Å². The average Bonchev–Trinajstić information content (AvgIpc) is 2.95.